The third-order valence-corrected chi connectivity index (χ3v) is 4.52. The lowest BCUT2D eigenvalue weighted by molar-refractivity contribution is 0.302. The van der Waals surface area contributed by atoms with E-state index in [4.69, 9.17) is 4.74 Å². The standard InChI is InChI=1S/C16H20N2OS/c1-2-18-15-7-3-6-14-13(15)5-4-8-16(14)19-10-12-9-17-11-20-12/h4-5,8-9,11,15,18H,2-3,6-7,10H2,1H3. The molecule has 3 rings (SSSR count). The van der Waals surface area contributed by atoms with Gasteiger partial charge in [0.05, 0.1) is 10.4 Å². The largest absolute Gasteiger partial charge is 0.488 e. The van der Waals surface area contributed by atoms with Gasteiger partial charge in [-0.15, -0.1) is 11.3 Å². The zero-order valence-corrected chi connectivity index (χ0v) is 12.6. The Balaban J connectivity index is 1.80. The molecule has 0 saturated carbocycles. The van der Waals surface area contributed by atoms with E-state index in [0.29, 0.717) is 12.6 Å². The van der Waals surface area contributed by atoms with Crippen molar-refractivity contribution in [1.82, 2.24) is 10.3 Å². The number of fused-ring (bicyclic) bond motifs is 1. The number of hydrogen-bond acceptors (Lipinski definition) is 4. The number of thiazole rings is 1. The third-order valence-electron chi connectivity index (χ3n) is 3.77. The third kappa shape index (κ3) is 2.86. The van der Waals surface area contributed by atoms with Crippen LogP contribution in [0.2, 0.25) is 0 Å². The van der Waals surface area contributed by atoms with Crippen LogP contribution in [0.5, 0.6) is 5.75 Å². The van der Waals surface area contributed by atoms with E-state index in [1.54, 1.807) is 11.3 Å². The molecule has 2 aromatic rings. The fourth-order valence-electron chi connectivity index (χ4n) is 2.87. The van der Waals surface area contributed by atoms with Crippen LogP contribution in [0.15, 0.2) is 29.9 Å². The van der Waals surface area contributed by atoms with Crippen LogP contribution >= 0.6 is 11.3 Å². The molecular formula is C16H20N2OS. The second kappa shape index (κ2) is 6.37. The molecule has 4 heteroatoms. The highest BCUT2D eigenvalue weighted by atomic mass is 32.1. The number of nitrogens with zero attached hydrogens (tertiary/aromatic N) is 1. The van der Waals surface area contributed by atoms with E-state index in [0.717, 1.165) is 18.7 Å². The number of nitrogens with one attached hydrogen (secondary N) is 1. The summed E-state index contributed by atoms with van der Waals surface area (Å²) in [6, 6.07) is 6.92. The number of rotatable bonds is 5. The molecule has 0 saturated heterocycles. The molecule has 1 N–H and O–H groups in total. The monoisotopic (exact) mass is 288 g/mol. The second-order valence-corrected chi connectivity index (χ2v) is 6.05. The van der Waals surface area contributed by atoms with Gasteiger partial charge in [0.2, 0.25) is 0 Å². The minimum Gasteiger partial charge on any atom is -0.488 e. The van der Waals surface area contributed by atoms with E-state index in [9.17, 15) is 0 Å². The molecule has 1 unspecified atom stereocenters. The summed E-state index contributed by atoms with van der Waals surface area (Å²) >= 11 is 1.64. The summed E-state index contributed by atoms with van der Waals surface area (Å²) in [4.78, 5) is 5.26. The van der Waals surface area contributed by atoms with Crippen LogP contribution in [0.25, 0.3) is 0 Å². The molecule has 1 aliphatic rings. The summed E-state index contributed by atoms with van der Waals surface area (Å²) in [5.41, 5.74) is 4.65. The van der Waals surface area contributed by atoms with Gasteiger partial charge in [-0.05, 0) is 43.0 Å². The Morgan fingerprint density at radius 1 is 1.45 bits per heavy atom. The van der Waals surface area contributed by atoms with Crippen molar-refractivity contribution in [2.45, 2.75) is 38.8 Å². The minimum absolute atomic E-state index is 0.482. The summed E-state index contributed by atoms with van der Waals surface area (Å²) < 4.78 is 6.02. The van der Waals surface area contributed by atoms with E-state index in [2.05, 4.69) is 35.4 Å². The quantitative estimate of drug-likeness (QED) is 0.910. The topological polar surface area (TPSA) is 34.1 Å². The van der Waals surface area contributed by atoms with Gasteiger partial charge < -0.3 is 10.1 Å². The Morgan fingerprint density at radius 2 is 2.40 bits per heavy atom. The zero-order valence-electron chi connectivity index (χ0n) is 11.8. The number of ether oxygens (including phenoxy) is 1. The highest BCUT2D eigenvalue weighted by Gasteiger charge is 2.22. The summed E-state index contributed by atoms with van der Waals surface area (Å²) in [6.07, 6.45) is 5.45. The molecule has 1 aromatic heterocycles. The van der Waals surface area contributed by atoms with Gasteiger partial charge in [0.15, 0.2) is 0 Å². The van der Waals surface area contributed by atoms with Crippen molar-refractivity contribution in [1.29, 1.82) is 0 Å². The van der Waals surface area contributed by atoms with Crippen LogP contribution in [-0.4, -0.2) is 11.5 Å². The lowest BCUT2D eigenvalue weighted by Crippen LogP contribution is -2.25. The number of hydrogen-bond donors (Lipinski definition) is 1. The predicted molar refractivity (Wildman–Crippen MR) is 82.2 cm³/mol. The van der Waals surface area contributed by atoms with Gasteiger partial charge in [0, 0.05) is 12.2 Å². The number of benzene rings is 1. The van der Waals surface area contributed by atoms with E-state index in [1.165, 1.54) is 28.8 Å². The molecule has 0 fully saturated rings. The van der Waals surface area contributed by atoms with Crippen LogP contribution in [-0.2, 0) is 13.0 Å². The first-order valence-electron chi connectivity index (χ1n) is 7.24. The maximum absolute atomic E-state index is 6.02. The van der Waals surface area contributed by atoms with E-state index in [1.807, 2.05) is 11.7 Å². The second-order valence-electron chi connectivity index (χ2n) is 5.08. The molecule has 1 atom stereocenters. The van der Waals surface area contributed by atoms with Gasteiger partial charge in [-0.3, -0.25) is 4.98 Å². The Hall–Kier alpha value is -1.39. The molecule has 1 aliphatic carbocycles. The van der Waals surface area contributed by atoms with E-state index in [-0.39, 0.29) is 0 Å². The lowest BCUT2D eigenvalue weighted by Gasteiger charge is -2.27. The normalized spacial score (nSPS) is 17.8. The van der Waals surface area contributed by atoms with Crippen LogP contribution in [0, 0.1) is 0 Å². The molecule has 3 nitrogen and oxygen atoms in total. The van der Waals surface area contributed by atoms with Crippen molar-refractivity contribution in [2.24, 2.45) is 0 Å². The van der Waals surface area contributed by atoms with Crippen LogP contribution in [0.3, 0.4) is 0 Å². The van der Waals surface area contributed by atoms with Crippen LogP contribution in [0.4, 0.5) is 0 Å². The van der Waals surface area contributed by atoms with Crippen molar-refractivity contribution < 1.29 is 4.74 Å². The summed E-state index contributed by atoms with van der Waals surface area (Å²) in [5, 5.41) is 3.57. The zero-order chi connectivity index (χ0) is 13.8. The fraction of sp³-hybridized carbons (Fsp3) is 0.438. The Kier molecular flexibility index (Phi) is 4.33. The molecule has 1 heterocycles. The smallest absolute Gasteiger partial charge is 0.124 e. The van der Waals surface area contributed by atoms with Crippen molar-refractivity contribution in [2.75, 3.05) is 6.54 Å². The summed E-state index contributed by atoms with van der Waals surface area (Å²) in [5.74, 6) is 1.04. The van der Waals surface area contributed by atoms with Crippen molar-refractivity contribution in [3.05, 3.63) is 45.9 Å². The molecule has 106 valence electrons. The van der Waals surface area contributed by atoms with Gasteiger partial charge in [0.25, 0.3) is 0 Å². The van der Waals surface area contributed by atoms with Gasteiger partial charge >= 0.3 is 0 Å². The molecule has 20 heavy (non-hydrogen) atoms. The average Bonchev–Trinajstić information content (AvgIpc) is 2.99. The summed E-state index contributed by atoms with van der Waals surface area (Å²) in [6.45, 7) is 3.79. The molecule has 0 amide bonds. The first-order chi connectivity index (χ1) is 9.88. The summed E-state index contributed by atoms with van der Waals surface area (Å²) in [7, 11) is 0. The molecule has 0 aliphatic heterocycles. The SMILES string of the molecule is CCNC1CCCc2c(OCc3cncs3)cccc21. The van der Waals surface area contributed by atoms with Gasteiger partial charge in [-0.25, -0.2) is 0 Å². The molecule has 1 aromatic carbocycles. The lowest BCUT2D eigenvalue weighted by atomic mass is 9.87. The fourth-order valence-corrected chi connectivity index (χ4v) is 3.38. The number of aromatic nitrogens is 1. The van der Waals surface area contributed by atoms with Crippen molar-refractivity contribution in [3.8, 4) is 5.75 Å². The van der Waals surface area contributed by atoms with Crippen LogP contribution in [0.1, 0.15) is 41.8 Å². The van der Waals surface area contributed by atoms with Crippen molar-refractivity contribution in [3.63, 3.8) is 0 Å². The molecule has 0 radical (unpaired) electrons. The van der Waals surface area contributed by atoms with Gasteiger partial charge in [0.1, 0.15) is 12.4 Å². The Morgan fingerprint density at radius 3 is 3.20 bits per heavy atom. The Bertz CT molecular complexity index is 554. The van der Waals surface area contributed by atoms with Crippen molar-refractivity contribution >= 4 is 11.3 Å². The van der Waals surface area contributed by atoms with E-state index < -0.39 is 0 Å². The highest BCUT2D eigenvalue weighted by Crippen LogP contribution is 2.35. The van der Waals surface area contributed by atoms with E-state index >= 15 is 0 Å². The minimum atomic E-state index is 0.482. The molecular weight excluding hydrogens is 268 g/mol. The predicted octanol–water partition coefficient (Wildman–Crippen LogP) is 3.71. The maximum Gasteiger partial charge on any atom is 0.124 e. The average molecular weight is 288 g/mol. The Labute approximate surface area is 124 Å². The molecule has 0 bridgehead atoms. The first-order valence-corrected chi connectivity index (χ1v) is 8.11. The van der Waals surface area contributed by atoms with Gasteiger partial charge in [-0.2, -0.15) is 0 Å². The first kappa shape index (κ1) is 13.6. The maximum atomic E-state index is 6.02. The highest BCUT2D eigenvalue weighted by molar-refractivity contribution is 7.09. The van der Waals surface area contributed by atoms with Crippen LogP contribution < -0.4 is 10.1 Å². The van der Waals surface area contributed by atoms with Gasteiger partial charge in [-0.1, -0.05) is 19.1 Å². The molecule has 0 spiro atoms.